The van der Waals surface area contributed by atoms with Crippen LogP contribution in [0.1, 0.15) is 32.3 Å². The van der Waals surface area contributed by atoms with E-state index in [1.807, 2.05) is 27.0 Å². The van der Waals surface area contributed by atoms with Crippen molar-refractivity contribution in [3.05, 3.63) is 23.8 Å². The molecule has 120 valence electrons. The van der Waals surface area contributed by atoms with Crippen molar-refractivity contribution >= 4 is 10.0 Å². The van der Waals surface area contributed by atoms with E-state index in [-0.39, 0.29) is 10.9 Å². The van der Waals surface area contributed by atoms with Gasteiger partial charge in [-0.05, 0) is 38.1 Å². The molecular formula is C15H26N2O3S. The lowest BCUT2D eigenvalue weighted by Gasteiger charge is -2.25. The molecular weight excluding hydrogens is 288 g/mol. The average molecular weight is 314 g/mol. The number of nitrogens with zero attached hydrogens (tertiary/aromatic N) is 1. The molecule has 1 atom stereocenters. The highest BCUT2D eigenvalue weighted by Gasteiger charge is 2.28. The molecule has 0 saturated carbocycles. The fourth-order valence-corrected chi connectivity index (χ4v) is 3.76. The van der Waals surface area contributed by atoms with Crippen molar-refractivity contribution in [2.75, 3.05) is 21.2 Å². The first kappa shape index (κ1) is 17.9. The summed E-state index contributed by atoms with van der Waals surface area (Å²) in [6.45, 7) is 4.63. The van der Waals surface area contributed by atoms with Gasteiger partial charge in [0.2, 0.25) is 10.0 Å². The van der Waals surface area contributed by atoms with E-state index in [9.17, 15) is 8.42 Å². The van der Waals surface area contributed by atoms with Gasteiger partial charge in [0.1, 0.15) is 10.6 Å². The molecule has 21 heavy (non-hydrogen) atoms. The molecule has 0 saturated heterocycles. The van der Waals surface area contributed by atoms with E-state index in [0.717, 1.165) is 18.4 Å². The minimum Gasteiger partial charge on any atom is -0.495 e. The summed E-state index contributed by atoms with van der Waals surface area (Å²) in [6.07, 6.45) is 1.77. The van der Waals surface area contributed by atoms with Crippen molar-refractivity contribution in [3.8, 4) is 5.75 Å². The fraction of sp³-hybridized carbons (Fsp3) is 0.600. The molecule has 0 heterocycles. The van der Waals surface area contributed by atoms with Crippen molar-refractivity contribution in [1.82, 2.24) is 9.62 Å². The number of hydrogen-bond acceptors (Lipinski definition) is 4. The highest BCUT2D eigenvalue weighted by Crippen LogP contribution is 2.28. The van der Waals surface area contributed by atoms with Crippen LogP contribution in [-0.4, -0.2) is 40.0 Å². The third-order valence-corrected chi connectivity index (χ3v) is 5.60. The Kier molecular flexibility index (Phi) is 6.64. The molecule has 1 aromatic carbocycles. The summed E-state index contributed by atoms with van der Waals surface area (Å²) in [6, 6.07) is 5.16. The maximum Gasteiger partial charge on any atom is 0.246 e. The number of sulfonamides is 1. The fourth-order valence-electron chi connectivity index (χ4n) is 2.23. The number of rotatable bonds is 8. The van der Waals surface area contributed by atoms with Gasteiger partial charge in [0.25, 0.3) is 0 Å². The topological polar surface area (TPSA) is 58.6 Å². The molecule has 0 aliphatic heterocycles. The van der Waals surface area contributed by atoms with Crippen molar-refractivity contribution in [3.63, 3.8) is 0 Å². The lowest BCUT2D eigenvalue weighted by Crippen LogP contribution is -2.35. The largest absolute Gasteiger partial charge is 0.495 e. The molecule has 0 amide bonds. The Labute approximate surface area is 128 Å². The Bertz CT molecular complexity index is 558. The molecule has 6 heteroatoms. The van der Waals surface area contributed by atoms with Crippen LogP contribution in [0.4, 0.5) is 0 Å². The summed E-state index contributed by atoms with van der Waals surface area (Å²) in [7, 11) is 1.41. The van der Waals surface area contributed by atoms with E-state index < -0.39 is 10.0 Å². The molecule has 0 aliphatic rings. The van der Waals surface area contributed by atoms with Crippen LogP contribution in [0.25, 0.3) is 0 Å². The zero-order valence-electron chi connectivity index (χ0n) is 13.5. The van der Waals surface area contributed by atoms with Crippen molar-refractivity contribution in [2.45, 2.75) is 44.2 Å². The summed E-state index contributed by atoms with van der Waals surface area (Å²) in [5.74, 6) is 0.387. The van der Waals surface area contributed by atoms with E-state index in [0.29, 0.717) is 12.3 Å². The Morgan fingerprint density at radius 2 is 2.05 bits per heavy atom. The van der Waals surface area contributed by atoms with Gasteiger partial charge in [-0.2, -0.15) is 4.31 Å². The molecule has 1 N–H and O–H groups in total. The number of benzene rings is 1. The van der Waals surface area contributed by atoms with Crippen LogP contribution < -0.4 is 10.1 Å². The third kappa shape index (κ3) is 4.18. The van der Waals surface area contributed by atoms with Gasteiger partial charge < -0.3 is 10.1 Å². The lowest BCUT2D eigenvalue weighted by molar-refractivity contribution is 0.362. The van der Waals surface area contributed by atoms with Gasteiger partial charge in [-0.3, -0.25) is 0 Å². The average Bonchev–Trinajstić information content (AvgIpc) is 2.46. The molecule has 1 unspecified atom stereocenters. The number of hydrogen-bond donors (Lipinski definition) is 1. The van der Waals surface area contributed by atoms with Gasteiger partial charge in [0.15, 0.2) is 0 Å². The second-order valence-corrected chi connectivity index (χ2v) is 7.14. The zero-order valence-corrected chi connectivity index (χ0v) is 14.3. The van der Waals surface area contributed by atoms with Crippen LogP contribution in [0.3, 0.4) is 0 Å². The van der Waals surface area contributed by atoms with Gasteiger partial charge >= 0.3 is 0 Å². The van der Waals surface area contributed by atoms with Gasteiger partial charge in [-0.1, -0.05) is 19.4 Å². The lowest BCUT2D eigenvalue weighted by atomic mass is 10.2. The standard InChI is InChI=1S/C15H26N2O3S/c1-6-7-12(2)17(4)21(18,19)15-9-8-13(11-16-3)10-14(15)20-5/h8-10,12,16H,6-7,11H2,1-5H3. The summed E-state index contributed by atoms with van der Waals surface area (Å²) in [5.41, 5.74) is 0.984. The summed E-state index contributed by atoms with van der Waals surface area (Å²) >= 11 is 0. The van der Waals surface area contributed by atoms with Crippen LogP contribution in [0.5, 0.6) is 5.75 Å². The SMILES string of the molecule is CCCC(C)N(C)S(=O)(=O)c1ccc(CNC)cc1OC. The molecule has 1 rings (SSSR count). The molecule has 5 nitrogen and oxygen atoms in total. The summed E-state index contributed by atoms with van der Waals surface area (Å²) in [5, 5.41) is 3.04. The first-order chi connectivity index (χ1) is 9.88. The van der Waals surface area contributed by atoms with Crippen LogP contribution in [0.15, 0.2) is 23.1 Å². The zero-order chi connectivity index (χ0) is 16.0. The van der Waals surface area contributed by atoms with Crippen molar-refractivity contribution in [1.29, 1.82) is 0 Å². The second-order valence-electron chi connectivity index (χ2n) is 5.17. The highest BCUT2D eigenvalue weighted by molar-refractivity contribution is 7.89. The van der Waals surface area contributed by atoms with Gasteiger partial charge in [0, 0.05) is 19.6 Å². The first-order valence-electron chi connectivity index (χ1n) is 7.18. The Morgan fingerprint density at radius 3 is 2.57 bits per heavy atom. The Morgan fingerprint density at radius 1 is 1.38 bits per heavy atom. The summed E-state index contributed by atoms with van der Waals surface area (Å²) in [4.78, 5) is 0.218. The predicted octanol–water partition coefficient (Wildman–Crippen LogP) is 2.22. The van der Waals surface area contributed by atoms with Crippen LogP contribution in [-0.2, 0) is 16.6 Å². The minimum absolute atomic E-state index is 0.0401. The smallest absolute Gasteiger partial charge is 0.246 e. The predicted molar refractivity (Wildman–Crippen MR) is 85.1 cm³/mol. The molecule has 0 spiro atoms. The van der Waals surface area contributed by atoms with E-state index in [2.05, 4.69) is 5.32 Å². The number of nitrogens with one attached hydrogen (secondary N) is 1. The monoisotopic (exact) mass is 314 g/mol. The van der Waals surface area contributed by atoms with Crippen LogP contribution in [0, 0.1) is 0 Å². The normalized spacial score (nSPS) is 13.4. The molecule has 1 aromatic rings. The third-order valence-electron chi connectivity index (χ3n) is 3.59. The maximum atomic E-state index is 12.7. The van der Waals surface area contributed by atoms with Crippen molar-refractivity contribution < 1.29 is 13.2 Å². The van der Waals surface area contributed by atoms with Gasteiger partial charge in [0.05, 0.1) is 7.11 Å². The molecule has 0 fully saturated rings. The quantitative estimate of drug-likeness (QED) is 0.799. The maximum absolute atomic E-state index is 12.7. The molecule has 0 radical (unpaired) electrons. The minimum atomic E-state index is -3.55. The van der Waals surface area contributed by atoms with Crippen LogP contribution in [0.2, 0.25) is 0 Å². The Balaban J connectivity index is 3.18. The first-order valence-corrected chi connectivity index (χ1v) is 8.62. The van der Waals surface area contributed by atoms with Crippen molar-refractivity contribution in [2.24, 2.45) is 0 Å². The second kappa shape index (κ2) is 7.77. The Hall–Kier alpha value is -1.11. The van der Waals surface area contributed by atoms with E-state index in [1.165, 1.54) is 11.4 Å². The van der Waals surface area contributed by atoms with Crippen LogP contribution >= 0.6 is 0 Å². The highest BCUT2D eigenvalue weighted by atomic mass is 32.2. The van der Waals surface area contributed by atoms with Gasteiger partial charge in [-0.25, -0.2) is 8.42 Å². The van der Waals surface area contributed by atoms with E-state index >= 15 is 0 Å². The number of ether oxygens (including phenoxy) is 1. The molecule has 0 aromatic heterocycles. The van der Waals surface area contributed by atoms with E-state index in [1.54, 1.807) is 19.2 Å². The van der Waals surface area contributed by atoms with E-state index in [4.69, 9.17) is 4.74 Å². The molecule has 0 aliphatic carbocycles. The van der Waals surface area contributed by atoms with Gasteiger partial charge in [-0.15, -0.1) is 0 Å². The molecule has 0 bridgehead atoms. The summed E-state index contributed by atoms with van der Waals surface area (Å²) < 4.78 is 32.2. The number of methoxy groups -OCH3 is 1.